The first-order chi connectivity index (χ1) is 15.5. The van der Waals surface area contributed by atoms with Crippen LogP contribution in [0, 0.1) is 20.8 Å². The molecule has 0 aliphatic carbocycles. The van der Waals surface area contributed by atoms with Crippen LogP contribution in [-0.2, 0) is 13.1 Å². The summed E-state index contributed by atoms with van der Waals surface area (Å²) in [5, 5.41) is 5.34. The van der Waals surface area contributed by atoms with Crippen LogP contribution in [0.5, 0.6) is 0 Å². The summed E-state index contributed by atoms with van der Waals surface area (Å²) in [5.74, 6) is 0.640. The summed E-state index contributed by atoms with van der Waals surface area (Å²) in [6.45, 7) is 7.42. The van der Waals surface area contributed by atoms with Crippen molar-refractivity contribution in [3.05, 3.63) is 99.2 Å². The number of fused-ring (bicyclic) bond motifs is 2. The Hall–Kier alpha value is -3.70. The summed E-state index contributed by atoms with van der Waals surface area (Å²) in [6.07, 6.45) is 1.89. The van der Waals surface area contributed by atoms with Gasteiger partial charge in [0.05, 0.1) is 5.69 Å². The lowest BCUT2D eigenvalue weighted by atomic mass is 10.0. The Morgan fingerprint density at radius 3 is 2.47 bits per heavy atom. The van der Waals surface area contributed by atoms with E-state index in [1.807, 2.05) is 63.4 Å². The molecule has 0 amide bonds. The molecule has 0 aliphatic heterocycles. The molecular weight excluding hydrogens is 400 g/mol. The van der Waals surface area contributed by atoms with Crippen molar-refractivity contribution in [3.63, 3.8) is 0 Å². The van der Waals surface area contributed by atoms with Crippen molar-refractivity contribution in [2.24, 2.45) is 0 Å². The maximum atomic E-state index is 12.3. The van der Waals surface area contributed by atoms with Crippen LogP contribution in [0.1, 0.15) is 27.9 Å². The maximum Gasteiger partial charge on any atom is 0.336 e. The van der Waals surface area contributed by atoms with Gasteiger partial charge in [0.15, 0.2) is 5.58 Å². The Kier molecular flexibility index (Phi) is 5.11. The van der Waals surface area contributed by atoms with E-state index in [-0.39, 0.29) is 0 Å². The van der Waals surface area contributed by atoms with Crippen LogP contribution in [0.4, 0.5) is 0 Å². The van der Waals surface area contributed by atoms with E-state index in [1.165, 1.54) is 11.6 Å². The molecule has 0 fully saturated rings. The average Bonchev–Trinajstić information content (AvgIpc) is 3.23. The second-order valence-electron chi connectivity index (χ2n) is 8.22. The quantitative estimate of drug-likeness (QED) is 0.360. The minimum Gasteiger partial charge on any atom is -0.454 e. The number of furan rings is 1. The molecule has 1 N–H and O–H groups in total. The largest absolute Gasteiger partial charge is 0.454 e. The molecule has 0 saturated heterocycles. The summed E-state index contributed by atoms with van der Waals surface area (Å²) < 4.78 is 11.7. The predicted molar refractivity (Wildman–Crippen MR) is 127 cm³/mol. The van der Waals surface area contributed by atoms with E-state index < -0.39 is 5.63 Å². The van der Waals surface area contributed by atoms with Gasteiger partial charge in [-0.1, -0.05) is 30.3 Å². The second kappa shape index (κ2) is 8.09. The van der Waals surface area contributed by atoms with E-state index in [9.17, 15) is 4.79 Å². The predicted octanol–water partition coefficient (Wildman–Crippen LogP) is 5.82. The fourth-order valence-corrected chi connectivity index (χ4v) is 4.03. The zero-order valence-corrected chi connectivity index (χ0v) is 18.4. The van der Waals surface area contributed by atoms with Gasteiger partial charge in [-0.3, -0.25) is 4.98 Å². The fraction of sp³-hybridized carbons (Fsp3) is 0.185. The molecule has 160 valence electrons. The van der Waals surface area contributed by atoms with E-state index in [2.05, 4.69) is 22.4 Å². The molecule has 0 bridgehead atoms. The van der Waals surface area contributed by atoms with Gasteiger partial charge in [0.1, 0.15) is 11.3 Å². The molecule has 0 spiro atoms. The van der Waals surface area contributed by atoms with Crippen molar-refractivity contribution in [2.75, 3.05) is 0 Å². The first-order valence-corrected chi connectivity index (χ1v) is 10.7. The summed E-state index contributed by atoms with van der Waals surface area (Å²) in [4.78, 5) is 16.8. The molecule has 5 aromatic rings. The highest BCUT2D eigenvalue weighted by atomic mass is 16.4. The van der Waals surface area contributed by atoms with Crippen LogP contribution in [-0.4, -0.2) is 4.98 Å². The van der Waals surface area contributed by atoms with Gasteiger partial charge in [-0.15, -0.1) is 0 Å². The van der Waals surface area contributed by atoms with Crippen molar-refractivity contribution >= 4 is 21.9 Å². The van der Waals surface area contributed by atoms with Crippen molar-refractivity contribution in [1.29, 1.82) is 0 Å². The van der Waals surface area contributed by atoms with Gasteiger partial charge >= 0.3 is 5.63 Å². The number of pyridine rings is 1. The molecule has 5 nitrogen and oxygen atoms in total. The molecule has 5 heteroatoms. The summed E-state index contributed by atoms with van der Waals surface area (Å²) in [6, 6.07) is 17.7. The molecular formula is C27H24N2O3. The number of aromatic nitrogens is 1. The number of benzene rings is 2. The van der Waals surface area contributed by atoms with Gasteiger partial charge in [-0.2, -0.15) is 0 Å². The van der Waals surface area contributed by atoms with Crippen molar-refractivity contribution < 1.29 is 8.83 Å². The first-order valence-electron chi connectivity index (χ1n) is 10.7. The van der Waals surface area contributed by atoms with E-state index in [4.69, 9.17) is 8.83 Å². The molecule has 32 heavy (non-hydrogen) atoms. The van der Waals surface area contributed by atoms with Crippen molar-refractivity contribution in [3.8, 4) is 11.3 Å². The zero-order valence-electron chi connectivity index (χ0n) is 18.4. The third-order valence-corrected chi connectivity index (χ3v) is 5.93. The standard InChI is InChI=1S/C27H24N2O3/c1-16-9-22-23(12-26(30)31-24(22)10-17(16)2)25-11-21-20(15-29-18(3)27(21)32-25)14-28-13-19-7-5-4-6-8-19/h4-12,15,28H,13-14H2,1-3H3. The van der Waals surface area contributed by atoms with Gasteiger partial charge < -0.3 is 14.2 Å². The SMILES string of the molecule is Cc1cc2oc(=O)cc(-c3cc4c(CNCc5ccccc5)cnc(C)c4o3)c2cc1C. The number of nitrogens with zero attached hydrogens (tertiary/aromatic N) is 1. The van der Waals surface area contributed by atoms with Crippen LogP contribution >= 0.6 is 0 Å². The monoisotopic (exact) mass is 424 g/mol. The molecule has 2 aromatic carbocycles. The minimum atomic E-state index is -0.393. The van der Waals surface area contributed by atoms with Gasteiger partial charge in [0.25, 0.3) is 0 Å². The average molecular weight is 425 g/mol. The Morgan fingerprint density at radius 1 is 0.875 bits per heavy atom. The minimum absolute atomic E-state index is 0.393. The first kappa shape index (κ1) is 20.2. The third-order valence-electron chi connectivity index (χ3n) is 5.93. The van der Waals surface area contributed by atoms with Crippen LogP contribution in [0.25, 0.3) is 33.3 Å². The Morgan fingerprint density at radius 2 is 1.66 bits per heavy atom. The number of rotatable bonds is 5. The van der Waals surface area contributed by atoms with Crippen LogP contribution < -0.4 is 10.9 Å². The lowest BCUT2D eigenvalue weighted by molar-refractivity contribution is 0.559. The zero-order chi connectivity index (χ0) is 22.2. The summed E-state index contributed by atoms with van der Waals surface area (Å²) in [5.41, 5.74) is 6.95. The normalized spacial score (nSPS) is 11.5. The third kappa shape index (κ3) is 3.72. The molecule has 5 rings (SSSR count). The molecule has 3 heterocycles. The highest BCUT2D eigenvalue weighted by Gasteiger charge is 2.17. The highest BCUT2D eigenvalue weighted by Crippen LogP contribution is 2.35. The van der Waals surface area contributed by atoms with Gasteiger partial charge in [-0.25, -0.2) is 4.79 Å². The topological polar surface area (TPSA) is 68.3 Å². The number of aryl methyl sites for hydroxylation is 3. The lowest BCUT2D eigenvalue weighted by Gasteiger charge is -2.06. The molecule has 0 atom stereocenters. The van der Waals surface area contributed by atoms with Crippen molar-refractivity contribution in [2.45, 2.75) is 33.9 Å². The Bertz CT molecular complexity index is 1500. The van der Waals surface area contributed by atoms with E-state index in [0.29, 0.717) is 17.9 Å². The molecule has 0 aliphatic rings. The molecule has 0 saturated carbocycles. The van der Waals surface area contributed by atoms with E-state index in [1.54, 1.807) is 0 Å². The van der Waals surface area contributed by atoms with Crippen LogP contribution in [0.2, 0.25) is 0 Å². The maximum absolute atomic E-state index is 12.3. The number of nitrogens with one attached hydrogen (secondary N) is 1. The van der Waals surface area contributed by atoms with Gasteiger partial charge in [-0.05, 0) is 61.2 Å². The van der Waals surface area contributed by atoms with Crippen LogP contribution in [0.15, 0.2) is 74.4 Å². The fourth-order valence-electron chi connectivity index (χ4n) is 4.03. The summed E-state index contributed by atoms with van der Waals surface area (Å²) in [7, 11) is 0. The smallest absolute Gasteiger partial charge is 0.336 e. The Balaban J connectivity index is 1.56. The molecule has 3 aromatic heterocycles. The summed E-state index contributed by atoms with van der Waals surface area (Å²) >= 11 is 0. The van der Waals surface area contributed by atoms with Crippen LogP contribution in [0.3, 0.4) is 0 Å². The highest BCUT2D eigenvalue weighted by molar-refractivity contribution is 5.96. The van der Waals surface area contributed by atoms with Gasteiger partial charge in [0, 0.05) is 41.7 Å². The van der Waals surface area contributed by atoms with E-state index >= 15 is 0 Å². The Labute approximate surface area is 185 Å². The second-order valence-corrected chi connectivity index (χ2v) is 8.22. The molecule has 0 unspecified atom stereocenters. The van der Waals surface area contributed by atoms with E-state index in [0.717, 1.165) is 50.8 Å². The lowest BCUT2D eigenvalue weighted by Crippen LogP contribution is -2.13. The number of hydrogen-bond donors (Lipinski definition) is 1. The van der Waals surface area contributed by atoms with Gasteiger partial charge in [0.2, 0.25) is 0 Å². The number of hydrogen-bond acceptors (Lipinski definition) is 5. The molecule has 0 radical (unpaired) electrons. The van der Waals surface area contributed by atoms with Crippen molar-refractivity contribution in [1.82, 2.24) is 10.3 Å².